The Balaban J connectivity index is 1.16. The zero-order valence-electron chi connectivity index (χ0n) is 19.2. The molecule has 30 heavy (non-hydrogen) atoms. The van der Waals surface area contributed by atoms with E-state index >= 15 is 0 Å². The predicted molar refractivity (Wildman–Crippen MR) is 119 cm³/mol. The monoisotopic (exact) mass is 411 g/mol. The maximum absolute atomic E-state index is 12.9. The van der Waals surface area contributed by atoms with E-state index in [1.807, 2.05) is 0 Å². The minimum absolute atomic E-state index is 0.0146. The molecule has 4 saturated carbocycles. The molecule has 1 N–H and O–H groups in total. The number of esters is 1. The van der Waals surface area contributed by atoms with Crippen molar-refractivity contribution in [3.8, 4) is 0 Å². The summed E-state index contributed by atoms with van der Waals surface area (Å²) in [7, 11) is 0. The van der Waals surface area contributed by atoms with Gasteiger partial charge in [0.05, 0.1) is 5.92 Å². The van der Waals surface area contributed by atoms with Gasteiger partial charge in [0.15, 0.2) is 0 Å². The molecule has 166 valence electrons. The van der Waals surface area contributed by atoms with Gasteiger partial charge < -0.3 is 10.1 Å². The van der Waals surface area contributed by atoms with Gasteiger partial charge in [-0.1, -0.05) is 31.9 Å². The molecule has 6 aliphatic rings. The Morgan fingerprint density at radius 3 is 2.87 bits per heavy atom. The predicted octanol–water partition coefficient (Wildman–Crippen LogP) is 5.35. The van der Waals surface area contributed by atoms with Gasteiger partial charge in [-0.15, -0.1) is 0 Å². The van der Waals surface area contributed by atoms with Crippen molar-refractivity contribution < 1.29 is 9.53 Å². The van der Waals surface area contributed by atoms with E-state index in [4.69, 9.17) is 4.74 Å². The van der Waals surface area contributed by atoms with Gasteiger partial charge in [0.25, 0.3) is 0 Å². The van der Waals surface area contributed by atoms with Crippen LogP contribution in [0.2, 0.25) is 0 Å². The molecule has 0 aromatic carbocycles. The quantitative estimate of drug-likeness (QED) is 0.500. The lowest BCUT2D eigenvalue weighted by molar-refractivity contribution is -0.145. The van der Waals surface area contributed by atoms with Crippen LogP contribution in [0.25, 0.3) is 0 Å². The van der Waals surface area contributed by atoms with E-state index in [2.05, 4.69) is 32.2 Å². The van der Waals surface area contributed by atoms with Gasteiger partial charge in [0.1, 0.15) is 6.10 Å². The fourth-order valence-corrected chi connectivity index (χ4v) is 9.46. The molecule has 0 aromatic rings. The maximum Gasteiger partial charge on any atom is 0.311 e. The summed E-state index contributed by atoms with van der Waals surface area (Å²) in [5.41, 5.74) is 1.89. The van der Waals surface area contributed by atoms with E-state index in [0.29, 0.717) is 17.9 Å². The number of nitrogens with one attached hydrogen (secondary N) is 1. The number of hydrogen-bond donors (Lipinski definition) is 1. The van der Waals surface area contributed by atoms with Crippen LogP contribution in [0.15, 0.2) is 11.6 Å². The molecule has 0 aromatic heterocycles. The number of hydrogen-bond acceptors (Lipinski definition) is 3. The van der Waals surface area contributed by atoms with Crippen LogP contribution in [0.4, 0.5) is 0 Å². The van der Waals surface area contributed by atoms with Crippen molar-refractivity contribution in [3.63, 3.8) is 0 Å². The fourth-order valence-electron chi connectivity index (χ4n) is 9.46. The summed E-state index contributed by atoms with van der Waals surface area (Å²) in [4.78, 5) is 12.9. The minimum atomic E-state index is 0.0146. The van der Waals surface area contributed by atoms with Crippen molar-refractivity contribution >= 4 is 5.97 Å². The van der Waals surface area contributed by atoms with Crippen LogP contribution in [0.3, 0.4) is 0 Å². The molecule has 5 aliphatic carbocycles. The number of ether oxygens (including phenoxy) is 1. The second kappa shape index (κ2) is 7.09. The van der Waals surface area contributed by atoms with E-state index in [1.54, 1.807) is 5.57 Å². The number of allylic oxidation sites excluding steroid dienone is 1. The molecule has 0 amide bonds. The normalized spacial score (nSPS) is 52.4. The third-order valence-electron chi connectivity index (χ3n) is 10.7. The van der Waals surface area contributed by atoms with Crippen LogP contribution >= 0.6 is 0 Å². The van der Waals surface area contributed by atoms with Crippen molar-refractivity contribution in [3.05, 3.63) is 11.6 Å². The smallest absolute Gasteiger partial charge is 0.311 e. The first-order valence-corrected chi connectivity index (χ1v) is 13.1. The minimum Gasteiger partial charge on any atom is -0.461 e. The molecule has 0 unspecified atom stereocenters. The topological polar surface area (TPSA) is 38.3 Å². The number of fused-ring (bicyclic) bond motifs is 4. The highest BCUT2D eigenvalue weighted by molar-refractivity contribution is 5.76. The van der Waals surface area contributed by atoms with Crippen molar-refractivity contribution in [2.24, 2.45) is 52.8 Å². The highest BCUT2D eigenvalue weighted by atomic mass is 16.6. The van der Waals surface area contributed by atoms with Crippen molar-refractivity contribution in [2.75, 3.05) is 6.54 Å². The molecular formula is C27H41NO2. The molecular weight excluding hydrogens is 370 g/mol. The first-order valence-electron chi connectivity index (χ1n) is 13.1. The summed E-state index contributed by atoms with van der Waals surface area (Å²) in [5.74, 6) is 5.78. The number of rotatable bonds is 4. The third-order valence-corrected chi connectivity index (χ3v) is 10.7. The van der Waals surface area contributed by atoms with Crippen molar-refractivity contribution in [2.45, 2.75) is 90.7 Å². The molecule has 0 radical (unpaired) electrons. The summed E-state index contributed by atoms with van der Waals surface area (Å²) < 4.78 is 5.98. The van der Waals surface area contributed by atoms with Crippen LogP contribution in [0, 0.1) is 52.8 Å². The molecule has 1 heterocycles. The zero-order valence-corrected chi connectivity index (χ0v) is 19.2. The molecule has 3 nitrogen and oxygen atoms in total. The lowest BCUT2D eigenvalue weighted by Gasteiger charge is -2.46. The molecule has 1 saturated heterocycles. The summed E-state index contributed by atoms with van der Waals surface area (Å²) in [5, 5.41) is 3.89. The highest BCUT2D eigenvalue weighted by Crippen LogP contribution is 2.59. The first kappa shape index (κ1) is 19.8. The Morgan fingerprint density at radius 2 is 2.00 bits per heavy atom. The van der Waals surface area contributed by atoms with Gasteiger partial charge in [-0.05, 0) is 99.2 Å². The molecule has 6 rings (SSSR count). The Labute approximate surface area is 182 Å². The van der Waals surface area contributed by atoms with Crippen LogP contribution in [-0.4, -0.2) is 24.7 Å². The molecule has 1 aliphatic heterocycles. The van der Waals surface area contributed by atoms with Crippen LogP contribution < -0.4 is 5.32 Å². The van der Waals surface area contributed by atoms with Gasteiger partial charge in [0.2, 0.25) is 0 Å². The van der Waals surface area contributed by atoms with E-state index < -0.39 is 0 Å². The van der Waals surface area contributed by atoms with E-state index in [-0.39, 0.29) is 23.4 Å². The van der Waals surface area contributed by atoms with Crippen molar-refractivity contribution in [1.82, 2.24) is 5.32 Å². The summed E-state index contributed by atoms with van der Waals surface area (Å²) in [6, 6.07) is 0.531. The van der Waals surface area contributed by atoms with E-state index in [9.17, 15) is 4.79 Å². The number of carbonyl (C=O) groups is 1. The average molecular weight is 412 g/mol. The molecule has 5 fully saturated rings. The molecule has 3 heteroatoms. The van der Waals surface area contributed by atoms with Crippen LogP contribution in [0.1, 0.15) is 78.6 Å². The van der Waals surface area contributed by atoms with E-state index in [0.717, 1.165) is 42.6 Å². The fraction of sp³-hybridized carbons (Fsp3) is 0.889. The summed E-state index contributed by atoms with van der Waals surface area (Å²) in [6.07, 6.45) is 14.9. The number of carbonyl (C=O) groups excluding carboxylic acids is 1. The Bertz CT molecular complexity index is 745. The molecule has 3 bridgehead atoms. The van der Waals surface area contributed by atoms with Gasteiger partial charge in [0, 0.05) is 18.5 Å². The summed E-state index contributed by atoms with van der Waals surface area (Å²) >= 11 is 0. The first-order chi connectivity index (χ1) is 14.4. The lowest BCUT2D eigenvalue weighted by Crippen LogP contribution is -2.48. The SMILES string of the molecule is C[C@H](NC[C@@H]1C(=O)O[C@@H]2C[C@@]3(C)CCC[C@H](C)C3=C[C@H]12)[C@H]1[C@H]2CC[C@H]3C[C@@H](C2)C[C@H]31. The second-order valence-electron chi connectivity index (χ2n) is 12.4. The second-order valence-corrected chi connectivity index (χ2v) is 12.4. The average Bonchev–Trinajstić information content (AvgIpc) is 3.10. The summed E-state index contributed by atoms with van der Waals surface area (Å²) in [6.45, 7) is 8.03. The van der Waals surface area contributed by atoms with Crippen molar-refractivity contribution in [1.29, 1.82) is 0 Å². The van der Waals surface area contributed by atoms with Gasteiger partial charge >= 0.3 is 5.97 Å². The van der Waals surface area contributed by atoms with Gasteiger partial charge in [-0.2, -0.15) is 0 Å². The Morgan fingerprint density at radius 1 is 1.20 bits per heavy atom. The maximum atomic E-state index is 12.9. The Hall–Kier alpha value is -0.830. The third kappa shape index (κ3) is 2.97. The largest absolute Gasteiger partial charge is 0.461 e. The standard InChI is InChI=1S/C27H41NO2/c1-15-5-4-8-27(3)13-24-21(12-23(15)27)22(26(29)30-24)14-28-16(2)25-19-7-6-18-9-17(10-19)11-20(18)25/h12,15-22,24-25,28H,4-11,13-14H2,1-3H3/t15-,16-,17-,18-,19-,20+,21+,22-,24+,25-,27+/m0/s1. The zero-order chi connectivity index (χ0) is 20.6. The van der Waals surface area contributed by atoms with Crippen LogP contribution in [0.5, 0.6) is 0 Å². The highest BCUT2D eigenvalue weighted by Gasteiger charge is 2.53. The van der Waals surface area contributed by atoms with Crippen LogP contribution in [-0.2, 0) is 9.53 Å². The Kier molecular flexibility index (Phi) is 4.68. The molecule has 0 spiro atoms. The van der Waals surface area contributed by atoms with Gasteiger partial charge in [-0.25, -0.2) is 0 Å². The lowest BCUT2D eigenvalue weighted by atomic mass is 9.59. The van der Waals surface area contributed by atoms with Gasteiger partial charge in [-0.3, -0.25) is 4.79 Å². The van der Waals surface area contributed by atoms with E-state index in [1.165, 1.54) is 51.4 Å². The molecule has 11 atom stereocenters.